The SMILES string of the molecule is CNCc1c(COC(C)C(C)C)oc2ccccc12. The van der Waals surface area contributed by atoms with Crippen molar-refractivity contribution in [3.63, 3.8) is 0 Å². The monoisotopic (exact) mass is 261 g/mol. The number of benzene rings is 1. The van der Waals surface area contributed by atoms with E-state index in [1.807, 2.05) is 25.2 Å². The Kier molecular flexibility index (Phi) is 4.61. The van der Waals surface area contributed by atoms with Crippen LogP contribution in [0.25, 0.3) is 11.0 Å². The minimum absolute atomic E-state index is 0.232. The van der Waals surface area contributed by atoms with Gasteiger partial charge < -0.3 is 14.5 Å². The van der Waals surface area contributed by atoms with Gasteiger partial charge in [-0.2, -0.15) is 0 Å². The Morgan fingerprint density at radius 1 is 1.21 bits per heavy atom. The molecule has 1 aromatic heterocycles. The second-order valence-electron chi connectivity index (χ2n) is 5.29. The van der Waals surface area contributed by atoms with Crippen molar-refractivity contribution >= 4 is 11.0 Å². The Bertz CT molecular complexity index is 531. The lowest BCUT2D eigenvalue weighted by Gasteiger charge is -2.16. The van der Waals surface area contributed by atoms with Gasteiger partial charge in [-0.1, -0.05) is 32.0 Å². The van der Waals surface area contributed by atoms with Crippen molar-refractivity contribution in [3.8, 4) is 0 Å². The van der Waals surface area contributed by atoms with E-state index in [-0.39, 0.29) is 6.10 Å². The maximum Gasteiger partial charge on any atom is 0.135 e. The molecule has 0 aliphatic rings. The van der Waals surface area contributed by atoms with Crippen LogP contribution >= 0.6 is 0 Å². The summed E-state index contributed by atoms with van der Waals surface area (Å²) in [6, 6.07) is 8.14. The van der Waals surface area contributed by atoms with Gasteiger partial charge in [0.05, 0.1) is 6.10 Å². The quantitative estimate of drug-likeness (QED) is 0.860. The Balaban J connectivity index is 2.23. The van der Waals surface area contributed by atoms with E-state index in [0.717, 1.165) is 17.9 Å². The van der Waals surface area contributed by atoms with E-state index in [4.69, 9.17) is 9.15 Å². The first-order valence-corrected chi connectivity index (χ1v) is 6.89. The third-order valence-corrected chi connectivity index (χ3v) is 3.55. The van der Waals surface area contributed by atoms with E-state index in [1.165, 1.54) is 10.9 Å². The molecule has 2 aromatic rings. The fourth-order valence-electron chi connectivity index (χ4n) is 2.04. The lowest BCUT2D eigenvalue weighted by molar-refractivity contribution is 0.0151. The zero-order chi connectivity index (χ0) is 13.8. The van der Waals surface area contributed by atoms with E-state index < -0.39 is 0 Å². The van der Waals surface area contributed by atoms with Gasteiger partial charge in [-0.25, -0.2) is 0 Å². The highest BCUT2D eigenvalue weighted by atomic mass is 16.5. The van der Waals surface area contributed by atoms with Crippen LogP contribution in [0.1, 0.15) is 32.1 Å². The van der Waals surface area contributed by atoms with Gasteiger partial charge in [0.1, 0.15) is 18.0 Å². The summed E-state index contributed by atoms with van der Waals surface area (Å²) in [6.07, 6.45) is 0.232. The van der Waals surface area contributed by atoms with Crippen LogP contribution < -0.4 is 5.32 Å². The molecule has 0 saturated carbocycles. The van der Waals surface area contributed by atoms with Gasteiger partial charge in [-0.3, -0.25) is 0 Å². The maximum atomic E-state index is 5.92. The van der Waals surface area contributed by atoms with Gasteiger partial charge in [-0.15, -0.1) is 0 Å². The molecule has 19 heavy (non-hydrogen) atoms. The van der Waals surface area contributed by atoms with Crippen LogP contribution in [-0.2, 0) is 17.9 Å². The third-order valence-electron chi connectivity index (χ3n) is 3.55. The van der Waals surface area contributed by atoms with Crippen LogP contribution in [0.5, 0.6) is 0 Å². The van der Waals surface area contributed by atoms with Gasteiger partial charge in [0.25, 0.3) is 0 Å². The van der Waals surface area contributed by atoms with Crippen molar-refractivity contribution in [1.29, 1.82) is 0 Å². The topological polar surface area (TPSA) is 34.4 Å². The molecule has 0 amide bonds. The second kappa shape index (κ2) is 6.22. The number of ether oxygens (including phenoxy) is 1. The van der Waals surface area contributed by atoms with Crippen molar-refractivity contribution < 1.29 is 9.15 Å². The number of hydrogen-bond acceptors (Lipinski definition) is 3. The van der Waals surface area contributed by atoms with Gasteiger partial charge in [0.15, 0.2) is 0 Å². The molecule has 0 fully saturated rings. The molecule has 2 rings (SSSR count). The molecule has 0 radical (unpaired) electrons. The minimum atomic E-state index is 0.232. The summed E-state index contributed by atoms with van der Waals surface area (Å²) in [7, 11) is 1.95. The highest BCUT2D eigenvalue weighted by Crippen LogP contribution is 2.27. The maximum absolute atomic E-state index is 5.92. The third kappa shape index (κ3) is 3.17. The van der Waals surface area contributed by atoms with E-state index in [0.29, 0.717) is 12.5 Å². The van der Waals surface area contributed by atoms with Crippen molar-refractivity contribution in [1.82, 2.24) is 5.32 Å². The van der Waals surface area contributed by atoms with Gasteiger partial charge in [0.2, 0.25) is 0 Å². The number of fused-ring (bicyclic) bond motifs is 1. The second-order valence-corrected chi connectivity index (χ2v) is 5.29. The fourth-order valence-corrected chi connectivity index (χ4v) is 2.04. The normalized spacial score (nSPS) is 13.3. The number of hydrogen-bond donors (Lipinski definition) is 1. The Hall–Kier alpha value is -1.32. The fraction of sp³-hybridized carbons (Fsp3) is 0.500. The summed E-state index contributed by atoms with van der Waals surface area (Å²) < 4.78 is 11.8. The molecule has 1 aromatic carbocycles. The average molecular weight is 261 g/mol. The molecule has 0 bridgehead atoms. The Morgan fingerprint density at radius 2 is 1.95 bits per heavy atom. The van der Waals surface area contributed by atoms with Crippen molar-refractivity contribution in [2.75, 3.05) is 7.05 Å². The van der Waals surface area contributed by atoms with Crippen molar-refractivity contribution in [2.45, 2.75) is 40.0 Å². The Labute approximate surface area is 114 Å². The van der Waals surface area contributed by atoms with Crippen LogP contribution in [0, 0.1) is 5.92 Å². The number of furan rings is 1. The molecule has 104 valence electrons. The Morgan fingerprint density at radius 3 is 2.63 bits per heavy atom. The number of para-hydroxylation sites is 1. The first-order chi connectivity index (χ1) is 9.13. The highest BCUT2D eigenvalue weighted by Gasteiger charge is 2.15. The molecule has 0 spiro atoms. The van der Waals surface area contributed by atoms with Crippen LogP contribution in [0.15, 0.2) is 28.7 Å². The van der Waals surface area contributed by atoms with E-state index in [1.54, 1.807) is 0 Å². The van der Waals surface area contributed by atoms with E-state index >= 15 is 0 Å². The van der Waals surface area contributed by atoms with E-state index in [2.05, 4.69) is 32.2 Å². The zero-order valence-corrected chi connectivity index (χ0v) is 12.2. The first kappa shape index (κ1) is 14.1. The summed E-state index contributed by atoms with van der Waals surface area (Å²) >= 11 is 0. The zero-order valence-electron chi connectivity index (χ0n) is 12.2. The van der Waals surface area contributed by atoms with Gasteiger partial charge >= 0.3 is 0 Å². The molecule has 0 aliphatic carbocycles. The first-order valence-electron chi connectivity index (χ1n) is 6.89. The molecule has 1 N–H and O–H groups in total. The molecular weight excluding hydrogens is 238 g/mol. The largest absolute Gasteiger partial charge is 0.458 e. The standard InChI is InChI=1S/C16H23NO2/c1-11(2)12(3)18-10-16-14(9-17-4)13-7-5-6-8-15(13)19-16/h5-8,11-12,17H,9-10H2,1-4H3. The molecule has 0 aliphatic heterocycles. The molecule has 3 nitrogen and oxygen atoms in total. The van der Waals surface area contributed by atoms with Crippen LogP contribution in [0.3, 0.4) is 0 Å². The predicted octanol–water partition coefficient (Wildman–Crippen LogP) is 3.71. The van der Waals surface area contributed by atoms with Crippen molar-refractivity contribution in [3.05, 3.63) is 35.6 Å². The summed E-state index contributed by atoms with van der Waals surface area (Å²) in [5, 5.41) is 4.37. The van der Waals surface area contributed by atoms with Crippen LogP contribution in [0.2, 0.25) is 0 Å². The highest BCUT2D eigenvalue weighted by molar-refractivity contribution is 5.82. The summed E-state index contributed by atoms with van der Waals surface area (Å²) in [6.45, 7) is 7.76. The van der Waals surface area contributed by atoms with Gasteiger partial charge in [0, 0.05) is 17.5 Å². The number of rotatable bonds is 6. The lowest BCUT2D eigenvalue weighted by atomic mass is 10.1. The summed E-state index contributed by atoms with van der Waals surface area (Å²) in [5.41, 5.74) is 2.14. The van der Waals surface area contributed by atoms with Crippen LogP contribution in [-0.4, -0.2) is 13.2 Å². The lowest BCUT2D eigenvalue weighted by Crippen LogP contribution is -2.16. The molecule has 1 unspecified atom stereocenters. The van der Waals surface area contributed by atoms with Gasteiger partial charge in [-0.05, 0) is 26.0 Å². The molecule has 1 heterocycles. The molecular formula is C16H23NO2. The van der Waals surface area contributed by atoms with Crippen molar-refractivity contribution in [2.24, 2.45) is 5.92 Å². The summed E-state index contributed by atoms with van der Waals surface area (Å²) in [5.74, 6) is 1.44. The molecule has 1 atom stereocenters. The molecule has 0 saturated heterocycles. The number of nitrogens with one attached hydrogen (secondary N) is 1. The summed E-state index contributed by atoms with van der Waals surface area (Å²) in [4.78, 5) is 0. The minimum Gasteiger partial charge on any atom is -0.458 e. The smallest absolute Gasteiger partial charge is 0.135 e. The van der Waals surface area contributed by atoms with Crippen LogP contribution in [0.4, 0.5) is 0 Å². The molecule has 3 heteroatoms. The van der Waals surface area contributed by atoms with E-state index in [9.17, 15) is 0 Å². The average Bonchev–Trinajstić information content (AvgIpc) is 2.75. The predicted molar refractivity (Wildman–Crippen MR) is 78.1 cm³/mol.